The molecule has 0 N–H and O–H groups in total. The maximum atomic E-state index is 11.1. The van der Waals surface area contributed by atoms with E-state index in [-0.39, 0.29) is 0 Å². The predicted molar refractivity (Wildman–Crippen MR) is 48.1 cm³/mol. The van der Waals surface area contributed by atoms with Crippen LogP contribution in [0.1, 0.15) is 0 Å². The molecule has 0 aliphatic carbocycles. The Labute approximate surface area is 98.1 Å². The molecule has 0 heterocycles. The Kier molecular flexibility index (Phi) is 7.17. The SMILES string of the molecule is COS(=O)(=O)C(F)(F)F.ClC(Cl)(Cl)Cl. The molecule has 0 aromatic rings. The van der Waals surface area contributed by atoms with Gasteiger partial charge in [-0.3, -0.25) is 4.18 Å². The van der Waals surface area contributed by atoms with Gasteiger partial charge in [-0.2, -0.15) is 21.6 Å². The van der Waals surface area contributed by atoms with Crippen molar-refractivity contribution in [1.82, 2.24) is 0 Å². The topological polar surface area (TPSA) is 43.4 Å². The summed E-state index contributed by atoms with van der Waals surface area (Å²) in [4.78, 5) is 0. The lowest BCUT2D eigenvalue weighted by atomic mass is 11.6. The fraction of sp³-hybridized carbons (Fsp3) is 1.00. The predicted octanol–water partition coefficient (Wildman–Crippen LogP) is 3.04. The van der Waals surface area contributed by atoms with Gasteiger partial charge in [-0.1, -0.05) is 46.4 Å². The molecule has 0 fully saturated rings. The Morgan fingerprint density at radius 1 is 1.07 bits per heavy atom. The van der Waals surface area contributed by atoms with E-state index in [0.717, 1.165) is 0 Å². The van der Waals surface area contributed by atoms with E-state index >= 15 is 0 Å². The Morgan fingerprint density at radius 2 is 1.29 bits per heavy atom. The van der Waals surface area contributed by atoms with Crippen molar-refractivity contribution in [3.8, 4) is 0 Å². The lowest BCUT2D eigenvalue weighted by Crippen LogP contribution is -2.23. The summed E-state index contributed by atoms with van der Waals surface area (Å²) < 4.78 is 54.2. The molecule has 0 aliphatic heterocycles. The lowest BCUT2D eigenvalue weighted by Gasteiger charge is -2.02. The second-order valence-corrected chi connectivity index (χ2v) is 6.63. The zero-order valence-electron chi connectivity index (χ0n) is 6.28. The average Bonchev–Trinajstić information content (AvgIpc) is 1.81. The van der Waals surface area contributed by atoms with E-state index in [1.54, 1.807) is 0 Å². The standard InChI is InChI=1S/C2H3F3O3S.CCl4/c1-8-9(6,7)2(3,4)5;2-1(3,4)5/h1H3;. The molecule has 0 amide bonds. The molecule has 0 radical (unpaired) electrons. The number of rotatable bonds is 1. The first-order valence-electron chi connectivity index (χ1n) is 2.44. The number of hydrogen-bond donors (Lipinski definition) is 0. The third-order valence-electron chi connectivity index (χ3n) is 0.503. The Balaban J connectivity index is 0. The highest BCUT2D eigenvalue weighted by Gasteiger charge is 2.46. The van der Waals surface area contributed by atoms with Crippen molar-refractivity contribution in [1.29, 1.82) is 0 Å². The largest absolute Gasteiger partial charge is 0.523 e. The summed E-state index contributed by atoms with van der Waals surface area (Å²) in [5, 5.41) is 0. The van der Waals surface area contributed by atoms with Crippen molar-refractivity contribution < 1.29 is 25.8 Å². The highest BCUT2D eigenvalue weighted by molar-refractivity contribution is 7.87. The van der Waals surface area contributed by atoms with Crippen molar-refractivity contribution in [3.63, 3.8) is 0 Å². The minimum Gasteiger partial charge on any atom is -0.267 e. The summed E-state index contributed by atoms with van der Waals surface area (Å²) >= 11 is 19.3. The fourth-order valence-corrected chi connectivity index (χ4v) is 0.283. The van der Waals surface area contributed by atoms with Crippen LogP contribution < -0.4 is 0 Å². The minimum atomic E-state index is -5.34. The molecule has 3 nitrogen and oxygen atoms in total. The maximum Gasteiger partial charge on any atom is 0.523 e. The molecule has 14 heavy (non-hydrogen) atoms. The van der Waals surface area contributed by atoms with Crippen LogP contribution in [0.5, 0.6) is 0 Å². The molecule has 0 rings (SSSR count). The molecular formula is C3H3Cl4F3O3S. The van der Waals surface area contributed by atoms with Crippen LogP contribution in [0.3, 0.4) is 0 Å². The van der Waals surface area contributed by atoms with E-state index in [4.69, 9.17) is 46.4 Å². The van der Waals surface area contributed by atoms with E-state index in [0.29, 0.717) is 7.11 Å². The smallest absolute Gasteiger partial charge is 0.267 e. The summed E-state index contributed by atoms with van der Waals surface area (Å²) in [6, 6.07) is 0. The molecule has 0 aromatic heterocycles. The van der Waals surface area contributed by atoms with Crippen LogP contribution in [0.15, 0.2) is 0 Å². The Bertz CT molecular complexity index is 249. The minimum absolute atomic E-state index is 0.447. The molecule has 0 atom stereocenters. The molecule has 0 spiro atoms. The second kappa shape index (κ2) is 5.81. The van der Waals surface area contributed by atoms with Crippen LogP contribution in [-0.2, 0) is 14.3 Å². The summed E-state index contributed by atoms with van der Waals surface area (Å²) in [7, 11) is -4.89. The molecule has 0 saturated heterocycles. The van der Waals surface area contributed by atoms with Crippen molar-refractivity contribution >= 4 is 56.5 Å². The first kappa shape index (κ1) is 17.3. The van der Waals surface area contributed by atoms with Crippen LogP contribution >= 0.6 is 46.4 Å². The molecule has 88 valence electrons. The van der Waals surface area contributed by atoms with Gasteiger partial charge < -0.3 is 0 Å². The van der Waals surface area contributed by atoms with E-state index in [1.807, 2.05) is 0 Å². The van der Waals surface area contributed by atoms with Crippen molar-refractivity contribution in [2.24, 2.45) is 0 Å². The average molecular weight is 318 g/mol. The van der Waals surface area contributed by atoms with Crippen molar-refractivity contribution in [2.45, 2.75) is 8.76 Å². The maximum absolute atomic E-state index is 11.1. The van der Waals surface area contributed by atoms with Crippen LogP contribution in [-0.4, -0.2) is 24.3 Å². The van der Waals surface area contributed by atoms with Crippen LogP contribution in [0.2, 0.25) is 0 Å². The normalized spacial score (nSPS) is 13.1. The van der Waals surface area contributed by atoms with Gasteiger partial charge in [0.2, 0.25) is 0 Å². The van der Waals surface area contributed by atoms with Gasteiger partial charge in [-0.05, 0) is 0 Å². The van der Waals surface area contributed by atoms with E-state index in [9.17, 15) is 21.6 Å². The summed E-state index contributed by atoms with van der Waals surface area (Å²) in [6.45, 7) is 0. The van der Waals surface area contributed by atoms with Gasteiger partial charge >= 0.3 is 15.6 Å². The zero-order valence-corrected chi connectivity index (χ0v) is 10.1. The number of halogens is 7. The van der Waals surface area contributed by atoms with Gasteiger partial charge in [0.1, 0.15) is 0 Å². The first-order chi connectivity index (χ1) is 5.81. The van der Waals surface area contributed by atoms with Crippen LogP contribution in [0.25, 0.3) is 0 Å². The fourth-order valence-electron chi connectivity index (χ4n) is 0.0945. The summed E-state index contributed by atoms with van der Waals surface area (Å²) in [6.07, 6.45) is 0. The van der Waals surface area contributed by atoms with Gasteiger partial charge in [0.25, 0.3) is 3.25 Å². The molecule has 0 saturated carbocycles. The second-order valence-electron chi connectivity index (χ2n) is 1.50. The van der Waals surface area contributed by atoms with Crippen molar-refractivity contribution in [2.75, 3.05) is 7.11 Å². The molecule has 11 heteroatoms. The highest BCUT2D eigenvalue weighted by atomic mass is 35.6. The molecule has 0 bridgehead atoms. The van der Waals surface area contributed by atoms with Gasteiger partial charge in [-0.25, -0.2) is 0 Å². The van der Waals surface area contributed by atoms with Gasteiger partial charge in [0.15, 0.2) is 0 Å². The number of alkyl halides is 7. The molecule has 0 unspecified atom stereocenters. The summed E-state index contributed by atoms with van der Waals surface area (Å²) in [5.41, 5.74) is -5.30. The molecular weight excluding hydrogens is 315 g/mol. The number of hydrogen-bond acceptors (Lipinski definition) is 3. The third kappa shape index (κ3) is 10.9. The third-order valence-corrected chi connectivity index (χ3v) is 1.51. The van der Waals surface area contributed by atoms with E-state index in [2.05, 4.69) is 4.18 Å². The molecule has 0 aromatic carbocycles. The monoisotopic (exact) mass is 316 g/mol. The lowest BCUT2D eigenvalue weighted by molar-refractivity contribution is -0.0526. The van der Waals surface area contributed by atoms with Crippen LogP contribution in [0, 0.1) is 0 Å². The molecule has 0 aliphatic rings. The van der Waals surface area contributed by atoms with Crippen molar-refractivity contribution in [3.05, 3.63) is 0 Å². The van der Waals surface area contributed by atoms with Gasteiger partial charge in [0, 0.05) is 0 Å². The Morgan fingerprint density at radius 3 is 1.29 bits per heavy atom. The highest BCUT2D eigenvalue weighted by Crippen LogP contribution is 2.29. The quantitative estimate of drug-likeness (QED) is 0.424. The van der Waals surface area contributed by atoms with Crippen LogP contribution in [0.4, 0.5) is 13.2 Å². The summed E-state index contributed by atoms with van der Waals surface area (Å²) in [5.74, 6) is 0. The van der Waals surface area contributed by atoms with Gasteiger partial charge in [0.05, 0.1) is 7.11 Å². The zero-order chi connectivity index (χ0) is 12.2. The Hall–Kier alpha value is 0.860. The van der Waals surface area contributed by atoms with E-state index < -0.39 is 18.9 Å². The van der Waals surface area contributed by atoms with Gasteiger partial charge in [-0.15, -0.1) is 0 Å². The van der Waals surface area contributed by atoms with E-state index in [1.165, 1.54) is 0 Å². The first-order valence-corrected chi connectivity index (χ1v) is 5.36.